The number of carbonyl (C=O) groups is 1. The minimum atomic E-state index is -0.446. The van der Waals surface area contributed by atoms with Crippen LogP contribution in [0.4, 0.5) is 4.79 Å². The van der Waals surface area contributed by atoms with E-state index in [9.17, 15) is 4.79 Å². The van der Waals surface area contributed by atoms with Crippen LogP contribution in [-0.4, -0.2) is 46.0 Å². The summed E-state index contributed by atoms with van der Waals surface area (Å²) in [4.78, 5) is 14.0. The lowest BCUT2D eigenvalue weighted by atomic mass is 9.98. The lowest BCUT2D eigenvalue weighted by molar-refractivity contribution is 0.0166. The van der Waals surface area contributed by atoms with Crippen LogP contribution < -0.4 is 5.32 Å². The van der Waals surface area contributed by atoms with Crippen LogP contribution in [0.1, 0.15) is 39.3 Å². The molecular formula is C16H27ClN4O2. The van der Waals surface area contributed by atoms with Crippen LogP contribution in [0.3, 0.4) is 0 Å². The fourth-order valence-electron chi connectivity index (χ4n) is 2.75. The van der Waals surface area contributed by atoms with Gasteiger partial charge < -0.3 is 15.0 Å². The number of ether oxygens (including phenoxy) is 1. The van der Waals surface area contributed by atoms with Gasteiger partial charge in [0.1, 0.15) is 5.60 Å². The Bertz CT molecular complexity index is 519. The molecule has 1 atom stereocenters. The van der Waals surface area contributed by atoms with Crippen LogP contribution in [-0.2, 0) is 18.3 Å². The monoisotopic (exact) mass is 342 g/mol. The summed E-state index contributed by atoms with van der Waals surface area (Å²) < 4.78 is 7.24. The lowest BCUT2D eigenvalue weighted by Crippen LogP contribution is -2.45. The maximum absolute atomic E-state index is 12.2. The van der Waals surface area contributed by atoms with Crippen molar-refractivity contribution in [1.82, 2.24) is 20.0 Å². The Morgan fingerprint density at radius 3 is 2.87 bits per heavy atom. The van der Waals surface area contributed by atoms with Gasteiger partial charge in [0.15, 0.2) is 0 Å². The molecule has 1 amide bonds. The Labute approximate surface area is 143 Å². The normalized spacial score (nSPS) is 19.0. The molecular weight excluding hydrogens is 316 g/mol. The number of amides is 1. The second kappa shape index (κ2) is 7.53. The summed E-state index contributed by atoms with van der Waals surface area (Å²) in [6.07, 6.45) is 3.57. The van der Waals surface area contributed by atoms with Crippen LogP contribution in [0.2, 0.25) is 5.02 Å². The largest absolute Gasteiger partial charge is 0.444 e. The molecule has 1 saturated heterocycles. The number of nitrogens with zero attached hydrogens (tertiary/aromatic N) is 3. The fourth-order valence-corrected chi connectivity index (χ4v) is 2.99. The summed E-state index contributed by atoms with van der Waals surface area (Å²) in [5.41, 5.74) is 0.532. The minimum absolute atomic E-state index is 0.211. The second-order valence-electron chi connectivity index (χ2n) is 7.13. The summed E-state index contributed by atoms with van der Waals surface area (Å²) in [7, 11) is 1.88. The van der Waals surface area contributed by atoms with Crippen LogP contribution >= 0.6 is 11.6 Å². The van der Waals surface area contributed by atoms with Gasteiger partial charge in [0.05, 0.1) is 16.9 Å². The molecule has 0 radical (unpaired) electrons. The van der Waals surface area contributed by atoms with Gasteiger partial charge in [-0.3, -0.25) is 4.68 Å². The summed E-state index contributed by atoms with van der Waals surface area (Å²) in [5, 5.41) is 8.23. The molecule has 130 valence electrons. The molecule has 0 saturated carbocycles. The lowest BCUT2D eigenvalue weighted by Gasteiger charge is -2.34. The molecule has 0 spiro atoms. The van der Waals surface area contributed by atoms with Crippen molar-refractivity contribution in [1.29, 1.82) is 0 Å². The summed E-state index contributed by atoms with van der Waals surface area (Å²) in [6, 6.07) is 0. The first kappa shape index (κ1) is 18.1. The van der Waals surface area contributed by atoms with E-state index in [1.54, 1.807) is 10.9 Å². The Balaban J connectivity index is 1.79. The third-order valence-corrected chi connectivity index (χ3v) is 4.22. The van der Waals surface area contributed by atoms with E-state index in [1.807, 2.05) is 32.7 Å². The predicted octanol–water partition coefficient (Wildman–Crippen LogP) is 2.81. The molecule has 1 unspecified atom stereocenters. The first-order chi connectivity index (χ1) is 10.8. The minimum Gasteiger partial charge on any atom is -0.444 e. The average Bonchev–Trinajstić information content (AvgIpc) is 2.77. The van der Waals surface area contributed by atoms with Gasteiger partial charge in [0.2, 0.25) is 0 Å². The SMILES string of the molecule is Cn1ncc(Cl)c1CNCC1CCCN(C(=O)OC(C)(C)C)C1. The molecule has 1 aliphatic heterocycles. The molecule has 1 aromatic heterocycles. The van der Waals surface area contributed by atoms with Crippen molar-refractivity contribution < 1.29 is 9.53 Å². The highest BCUT2D eigenvalue weighted by Crippen LogP contribution is 2.19. The van der Waals surface area contributed by atoms with E-state index in [1.165, 1.54) is 0 Å². The Morgan fingerprint density at radius 1 is 1.52 bits per heavy atom. The van der Waals surface area contributed by atoms with E-state index >= 15 is 0 Å². The van der Waals surface area contributed by atoms with Crippen molar-refractivity contribution in [2.24, 2.45) is 13.0 Å². The average molecular weight is 343 g/mol. The smallest absolute Gasteiger partial charge is 0.410 e. The number of aromatic nitrogens is 2. The molecule has 0 aromatic carbocycles. The number of rotatable bonds is 4. The van der Waals surface area contributed by atoms with Gasteiger partial charge >= 0.3 is 6.09 Å². The van der Waals surface area contributed by atoms with Crippen molar-refractivity contribution >= 4 is 17.7 Å². The van der Waals surface area contributed by atoms with Gasteiger partial charge in [-0.25, -0.2) is 4.79 Å². The number of nitrogens with one attached hydrogen (secondary N) is 1. The number of hydrogen-bond acceptors (Lipinski definition) is 4. The van der Waals surface area contributed by atoms with Crippen molar-refractivity contribution in [3.05, 3.63) is 16.9 Å². The van der Waals surface area contributed by atoms with Crippen LogP contribution in [0, 0.1) is 5.92 Å². The van der Waals surface area contributed by atoms with Gasteiger partial charge in [0.25, 0.3) is 0 Å². The first-order valence-corrected chi connectivity index (χ1v) is 8.49. The van der Waals surface area contributed by atoms with Gasteiger partial charge in [-0.1, -0.05) is 11.6 Å². The molecule has 23 heavy (non-hydrogen) atoms. The highest BCUT2D eigenvalue weighted by molar-refractivity contribution is 6.31. The van der Waals surface area contributed by atoms with Crippen LogP contribution in [0.25, 0.3) is 0 Å². The van der Waals surface area contributed by atoms with Crippen molar-refractivity contribution in [2.75, 3.05) is 19.6 Å². The molecule has 6 nitrogen and oxygen atoms in total. The number of piperidine rings is 1. The molecule has 0 aliphatic carbocycles. The van der Waals surface area contributed by atoms with E-state index in [0.717, 1.165) is 38.2 Å². The summed E-state index contributed by atoms with van der Waals surface area (Å²) in [6.45, 7) is 8.72. The third kappa shape index (κ3) is 5.39. The molecule has 7 heteroatoms. The first-order valence-electron chi connectivity index (χ1n) is 8.11. The molecule has 1 aliphatic rings. The van der Waals surface area contributed by atoms with Crippen molar-refractivity contribution in [3.8, 4) is 0 Å². The molecule has 1 N–H and O–H groups in total. The Hall–Kier alpha value is -1.27. The summed E-state index contributed by atoms with van der Waals surface area (Å²) >= 11 is 6.10. The molecule has 1 aromatic rings. The highest BCUT2D eigenvalue weighted by atomic mass is 35.5. The van der Waals surface area contributed by atoms with Gasteiger partial charge in [0, 0.05) is 33.2 Å². The van der Waals surface area contributed by atoms with E-state index < -0.39 is 5.60 Å². The fraction of sp³-hybridized carbons (Fsp3) is 0.750. The predicted molar refractivity (Wildman–Crippen MR) is 90.5 cm³/mol. The number of carbonyl (C=O) groups excluding carboxylic acids is 1. The van der Waals surface area contributed by atoms with E-state index in [2.05, 4.69) is 10.4 Å². The topological polar surface area (TPSA) is 59.4 Å². The van der Waals surface area contributed by atoms with Crippen molar-refractivity contribution in [2.45, 2.75) is 45.8 Å². The number of halogens is 1. The zero-order valence-electron chi connectivity index (χ0n) is 14.4. The highest BCUT2D eigenvalue weighted by Gasteiger charge is 2.27. The van der Waals surface area contributed by atoms with Crippen LogP contribution in [0.5, 0.6) is 0 Å². The standard InChI is InChI=1S/C16H27ClN4O2/c1-16(2,3)23-15(22)21-7-5-6-12(11-21)8-18-10-14-13(17)9-19-20(14)4/h9,12,18H,5-8,10-11H2,1-4H3. The van der Waals surface area contributed by atoms with Crippen molar-refractivity contribution in [3.63, 3.8) is 0 Å². The van der Waals surface area contributed by atoms with E-state index in [0.29, 0.717) is 17.5 Å². The number of likely N-dealkylation sites (tertiary alicyclic amines) is 1. The molecule has 2 rings (SSSR count). The maximum Gasteiger partial charge on any atom is 0.410 e. The molecule has 0 bridgehead atoms. The summed E-state index contributed by atoms with van der Waals surface area (Å²) in [5.74, 6) is 0.434. The number of aryl methyl sites for hydroxylation is 1. The zero-order chi connectivity index (χ0) is 17.0. The maximum atomic E-state index is 12.2. The quantitative estimate of drug-likeness (QED) is 0.914. The van der Waals surface area contributed by atoms with Gasteiger partial charge in [-0.2, -0.15) is 5.10 Å². The van der Waals surface area contributed by atoms with Crippen LogP contribution in [0.15, 0.2) is 6.20 Å². The van der Waals surface area contributed by atoms with Gasteiger partial charge in [-0.15, -0.1) is 0 Å². The second-order valence-corrected chi connectivity index (χ2v) is 7.54. The third-order valence-electron chi connectivity index (χ3n) is 3.91. The van der Waals surface area contributed by atoms with E-state index in [4.69, 9.17) is 16.3 Å². The van der Waals surface area contributed by atoms with E-state index in [-0.39, 0.29) is 6.09 Å². The van der Waals surface area contributed by atoms with Gasteiger partial charge in [-0.05, 0) is 39.5 Å². The molecule has 1 fully saturated rings. The zero-order valence-corrected chi connectivity index (χ0v) is 15.2. The Kier molecular flexibility index (Phi) is 5.92. The Morgan fingerprint density at radius 2 is 2.26 bits per heavy atom. The number of hydrogen-bond donors (Lipinski definition) is 1. The molecule has 2 heterocycles.